The van der Waals surface area contributed by atoms with Crippen LogP contribution in [0.5, 0.6) is 0 Å². The summed E-state index contributed by atoms with van der Waals surface area (Å²) in [5.74, 6) is -0.502. The van der Waals surface area contributed by atoms with E-state index >= 15 is 0 Å². The second-order valence-corrected chi connectivity index (χ2v) is 12.5. The van der Waals surface area contributed by atoms with Crippen LogP contribution in [-0.4, -0.2) is 50.2 Å². The van der Waals surface area contributed by atoms with Crippen LogP contribution in [0.4, 0.5) is 5.69 Å². The number of piperidine rings is 1. The summed E-state index contributed by atoms with van der Waals surface area (Å²) in [6.07, 6.45) is 4.04. The van der Waals surface area contributed by atoms with Gasteiger partial charge in [-0.05, 0) is 78.2 Å². The molecule has 0 aliphatic carbocycles. The Balaban J connectivity index is 1.44. The van der Waals surface area contributed by atoms with Gasteiger partial charge in [0.05, 0.1) is 10.8 Å². The maximum atomic E-state index is 13.7. The van der Waals surface area contributed by atoms with Crippen molar-refractivity contribution in [2.45, 2.75) is 63.3 Å². The molecule has 2 amide bonds. The van der Waals surface area contributed by atoms with Gasteiger partial charge in [-0.1, -0.05) is 37.3 Å². The number of amides is 2. The summed E-state index contributed by atoms with van der Waals surface area (Å²) in [4.78, 5) is 27.2. The number of benzene rings is 2. The zero-order valence-electron chi connectivity index (χ0n) is 20.9. The summed E-state index contributed by atoms with van der Waals surface area (Å²) in [6, 6.07) is 13.6. The molecule has 1 N–H and O–H groups in total. The molecular weight excluding hydrogens is 542 g/mol. The number of sulfonamides is 1. The number of fused-ring (bicyclic) bond motifs is 1. The molecular formula is C27H34BrN3O4S. The highest BCUT2D eigenvalue weighted by atomic mass is 79.9. The molecule has 0 saturated carbocycles. The van der Waals surface area contributed by atoms with Crippen LogP contribution in [0.15, 0.2) is 51.8 Å². The Labute approximate surface area is 222 Å². The molecule has 1 fully saturated rings. The second-order valence-electron chi connectivity index (χ2n) is 9.70. The van der Waals surface area contributed by atoms with E-state index in [1.54, 1.807) is 17.9 Å². The minimum absolute atomic E-state index is 0.00219. The topological polar surface area (TPSA) is 86.8 Å². The van der Waals surface area contributed by atoms with Gasteiger partial charge in [-0.25, -0.2) is 8.42 Å². The molecule has 0 aromatic heterocycles. The first kappa shape index (κ1) is 26.8. The number of carbonyl (C=O) groups is 2. The number of hydrogen-bond donors (Lipinski definition) is 1. The number of carbonyl (C=O) groups excluding carboxylic acids is 2. The molecule has 2 aliphatic rings. The molecule has 0 spiro atoms. The summed E-state index contributed by atoms with van der Waals surface area (Å²) in [6.45, 7) is 4.88. The normalized spacial score (nSPS) is 19.1. The number of nitrogens with zero attached hydrogens (tertiary/aromatic N) is 2. The van der Waals surface area contributed by atoms with E-state index in [9.17, 15) is 18.0 Å². The Morgan fingerprint density at radius 3 is 2.64 bits per heavy atom. The number of nitrogens with one attached hydrogen (secondary N) is 1. The van der Waals surface area contributed by atoms with Crippen LogP contribution < -0.4 is 10.2 Å². The number of halogens is 1. The predicted octanol–water partition coefficient (Wildman–Crippen LogP) is 4.29. The van der Waals surface area contributed by atoms with Crippen molar-refractivity contribution in [1.29, 1.82) is 0 Å². The van der Waals surface area contributed by atoms with Crippen molar-refractivity contribution < 1.29 is 18.0 Å². The maximum absolute atomic E-state index is 13.7. The molecule has 1 saturated heterocycles. The fourth-order valence-electron chi connectivity index (χ4n) is 5.01. The van der Waals surface area contributed by atoms with Crippen LogP contribution in [0.25, 0.3) is 0 Å². The Bertz CT molecular complexity index is 1220. The SMILES string of the molecule is CCC(=O)N1CCc2cc(Br)c(S(=O)(=O)N3CCC[C@@H](C(=O)N[C@H](C)CCc4ccccc4)C3)cc21. The first-order valence-corrected chi connectivity index (χ1v) is 14.9. The Morgan fingerprint density at radius 1 is 1.17 bits per heavy atom. The van der Waals surface area contributed by atoms with Gasteiger partial charge < -0.3 is 10.2 Å². The van der Waals surface area contributed by atoms with Crippen LogP contribution >= 0.6 is 15.9 Å². The molecule has 194 valence electrons. The highest BCUT2D eigenvalue weighted by molar-refractivity contribution is 9.10. The van der Waals surface area contributed by atoms with Crippen LogP contribution in [0.2, 0.25) is 0 Å². The average molecular weight is 577 g/mol. The maximum Gasteiger partial charge on any atom is 0.244 e. The zero-order chi connectivity index (χ0) is 25.9. The first-order chi connectivity index (χ1) is 17.2. The van der Waals surface area contributed by atoms with Crippen LogP contribution in [0.3, 0.4) is 0 Å². The molecule has 0 unspecified atom stereocenters. The lowest BCUT2D eigenvalue weighted by atomic mass is 9.98. The Hall–Kier alpha value is -2.23. The molecule has 2 heterocycles. The van der Waals surface area contributed by atoms with Gasteiger partial charge in [-0.2, -0.15) is 4.31 Å². The van der Waals surface area contributed by atoms with Crippen molar-refractivity contribution in [3.63, 3.8) is 0 Å². The van der Waals surface area contributed by atoms with Gasteiger partial charge in [0.15, 0.2) is 0 Å². The van der Waals surface area contributed by atoms with E-state index in [1.165, 1.54) is 9.87 Å². The summed E-state index contributed by atoms with van der Waals surface area (Å²) in [7, 11) is -3.84. The van der Waals surface area contributed by atoms with Gasteiger partial charge in [-0.3, -0.25) is 9.59 Å². The smallest absolute Gasteiger partial charge is 0.244 e. The minimum Gasteiger partial charge on any atom is -0.353 e. The molecule has 0 bridgehead atoms. The molecule has 0 radical (unpaired) electrons. The summed E-state index contributed by atoms with van der Waals surface area (Å²) in [5, 5.41) is 3.09. The third-order valence-corrected chi connectivity index (χ3v) is 9.93. The van der Waals surface area contributed by atoms with Gasteiger partial charge in [0.2, 0.25) is 21.8 Å². The lowest BCUT2D eigenvalue weighted by molar-refractivity contribution is -0.126. The first-order valence-electron chi connectivity index (χ1n) is 12.7. The molecule has 36 heavy (non-hydrogen) atoms. The number of aryl methyl sites for hydroxylation is 1. The van der Waals surface area contributed by atoms with Crippen molar-refractivity contribution >= 4 is 43.5 Å². The largest absolute Gasteiger partial charge is 0.353 e. The van der Waals surface area contributed by atoms with E-state index in [2.05, 4.69) is 33.4 Å². The van der Waals surface area contributed by atoms with E-state index in [4.69, 9.17) is 0 Å². The van der Waals surface area contributed by atoms with Gasteiger partial charge in [0.25, 0.3) is 0 Å². The van der Waals surface area contributed by atoms with Crippen molar-refractivity contribution in [3.05, 3.63) is 58.1 Å². The van der Waals surface area contributed by atoms with Crippen LogP contribution in [-0.2, 0) is 32.5 Å². The lowest BCUT2D eigenvalue weighted by Crippen LogP contribution is -2.47. The molecule has 2 aromatic rings. The fourth-order valence-corrected chi connectivity index (χ4v) is 7.60. The van der Waals surface area contributed by atoms with Gasteiger partial charge in [0.1, 0.15) is 0 Å². The van der Waals surface area contributed by atoms with Crippen molar-refractivity contribution in [2.24, 2.45) is 5.92 Å². The second kappa shape index (κ2) is 11.4. The molecule has 2 aromatic carbocycles. The van der Waals surface area contributed by atoms with E-state index < -0.39 is 10.0 Å². The molecule has 4 rings (SSSR count). The molecule has 2 aliphatic heterocycles. The molecule has 7 nitrogen and oxygen atoms in total. The zero-order valence-corrected chi connectivity index (χ0v) is 23.3. The highest BCUT2D eigenvalue weighted by Crippen LogP contribution is 2.37. The number of hydrogen-bond acceptors (Lipinski definition) is 4. The summed E-state index contributed by atoms with van der Waals surface area (Å²) >= 11 is 3.45. The standard InChI is InChI=1S/C27H34BrN3O4S/c1-3-26(32)31-15-13-21-16-23(28)25(17-24(21)31)36(34,35)30-14-7-10-22(18-30)27(33)29-19(2)11-12-20-8-5-4-6-9-20/h4-6,8-9,16-17,19,22H,3,7,10-15,18H2,1-2H3,(H,29,33)/t19-,22-/m1/s1. The van der Waals surface area contributed by atoms with Crippen molar-refractivity contribution in [2.75, 3.05) is 24.5 Å². The van der Waals surface area contributed by atoms with Crippen LogP contribution in [0, 0.1) is 5.92 Å². The van der Waals surface area contributed by atoms with E-state index in [1.807, 2.05) is 31.2 Å². The summed E-state index contributed by atoms with van der Waals surface area (Å²) in [5.41, 5.74) is 2.86. The van der Waals surface area contributed by atoms with Crippen molar-refractivity contribution in [1.82, 2.24) is 9.62 Å². The fraction of sp³-hybridized carbons (Fsp3) is 0.481. The molecule has 9 heteroatoms. The van der Waals surface area contributed by atoms with E-state index in [0.717, 1.165) is 18.4 Å². The molecule has 2 atom stereocenters. The third kappa shape index (κ3) is 5.84. The average Bonchev–Trinajstić information content (AvgIpc) is 3.29. The van der Waals surface area contributed by atoms with Crippen molar-refractivity contribution in [3.8, 4) is 0 Å². The number of anilines is 1. The van der Waals surface area contributed by atoms with Gasteiger partial charge in [0, 0.05) is 42.3 Å². The van der Waals surface area contributed by atoms with Gasteiger partial charge in [-0.15, -0.1) is 0 Å². The van der Waals surface area contributed by atoms with E-state index in [0.29, 0.717) is 48.9 Å². The predicted molar refractivity (Wildman–Crippen MR) is 144 cm³/mol. The summed E-state index contributed by atoms with van der Waals surface area (Å²) < 4.78 is 29.2. The highest BCUT2D eigenvalue weighted by Gasteiger charge is 2.36. The minimum atomic E-state index is -3.84. The Morgan fingerprint density at radius 2 is 1.92 bits per heavy atom. The third-order valence-electron chi connectivity index (χ3n) is 7.10. The Kier molecular flexibility index (Phi) is 8.52. The quantitative estimate of drug-likeness (QED) is 0.508. The lowest BCUT2D eigenvalue weighted by Gasteiger charge is -2.32. The monoisotopic (exact) mass is 575 g/mol. The van der Waals surface area contributed by atoms with Gasteiger partial charge >= 0.3 is 0 Å². The van der Waals surface area contributed by atoms with E-state index in [-0.39, 0.29) is 35.2 Å². The number of rotatable bonds is 8. The van der Waals surface area contributed by atoms with Crippen LogP contribution in [0.1, 0.15) is 50.7 Å².